The van der Waals surface area contributed by atoms with Crippen molar-refractivity contribution in [1.29, 1.82) is 0 Å². The zero-order valence-corrected chi connectivity index (χ0v) is 18.2. The Morgan fingerprint density at radius 2 is 1.90 bits per heavy atom. The summed E-state index contributed by atoms with van der Waals surface area (Å²) in [4.78, 5) is 28.6. The molecule has 1 aromatic heterocycles. The fourth-order valence-corrected chi connectivity index (χ4v) is 5.01. The molecular weight excluding hydrogens is 368 g/mol. The highest BCUT2D eigenvalue weighted by Gasteiger charge is 2.47. The number of anilines is 1. The highest BCUT2D eigenvalue weighted by atomic mass is 16.6. The number of amides is 1. The third kappa shape index (κ3) is 4.01. The molecule has 2 saturated heterocycles. The molecule has 3 heterocycles. The molecule has 1 spiro atoms. The zero-order valence-electron chi connectivity index (χ0n) is 18.2. The van der Waals surface area contributed by atoms with Crippen LogP contribution in [0.2, 0.25) is 0 Å². The number of piperidine rings is 2. The van der Waals surface area contributed by atoms with Gasteiger partial charge in [0.15, 0.2) is 5.82 Å². The van der Waals surface area contributed by atoms with Crippen molar-refractivity contribution in [1.82, 2.24) is 14.7 Å². The number of ketones is 1. The average molecular weight is 403 g/mol. The summed E-state index contributed by atoms with van der Waals surface area (Å²) in [7, 11) is 0. The van der Waals surface area contributed by atoms with Crippen LogP contribution in [0.15, 0.2) is 6.07 Å². The number of rotatable bonds is 2. The lowest BCUT2D eigenvalue weighted by atomic mass is 9.70. The van der Waals surface area contributed by atoms with E-state index in [1.54, 1.807) is 4.90 Å². The second kappa shape index (κ2) is 7.33. The quantitative estimate of drug-likeness (QED) is 0.751. The molecule has 3 aliphatic rings. The largest absolute Gasteiger partial charge is 0.444 e. The number of carbonyl (C=O) groups is 2. The van der Waals surface area contributed by atoms with Gasteiger partial charge in [-0.1, -0.05) is 0 Å². The highest BCUT2D eigenvalue weighted by molar-refractivity contribution is 5.83. The van der Waals surface area contributed by atoms with Crippen molar-refractivity contribution in [3.63, 3.8) is 0 Å². The van der Waals surface area contributed by atoms with Crippen LogP contribution >= 0.6 is 0 Å². The number of ether oxygens (including phenoxy) is 1. The third-order valence-electron chi connectivity index (χ3n) is 6.65. The van der Waals surface area contributed by atoms with Crippen LogP contribution in [0.3, 0.4) is 0 Å². The van der Waals surface area contributed by atoms with E-state index in [-0.39, 0.29) is 11.6 Å². The van der Waals surface area contributed by atoms with Crippen molar-refractivity contribution in [2.75, 3.05) is 24.5 Å². The fourth-order valence-electron chi connectivity index (χ4n) is 5.01. The van der Waals surface area contributed by atoms with Gasteiger partial charge in [0, 0.05) is 49.8 Å². The summed E-state index contributed by atoms with van der Waals surface area (Å²) < 4.78 is 7.65. The van der Waals surface area contributed by atoms with E-state index in [1.165, 1.54) is 6.42 Å². The normalized spacial score (nSPS) is 22.7. The number of Topliss-reactive ketones (excluding diaryl/α,β-unsaturated/α-hetero) is 1. The molecule has 0 unspecified atom stereocenters. The average Bonchev–Trinajstić information content (AvgIpc) is 3.00. The van der Waals surface area contributed by atoms with Gasteiger partial charge in [0.2, 0.25) is 0 Å². The van der Waals surface area contributed by atoms with Gasteiger partial charge in [-0.05, 0) is 59.8 Å². The van der Waals surface area contributed by atoms with E-state index in [2.05, 4.69) is 22.6 Å². The Hall–Kier alpha value is -2.05. The number of carbonyl (C=O) groups excluding carboxylic acids is 2. The first kappa shape index (κ1) is 20.2. The summed E-state index contributed by atoms with van der Waals surface area (Å²) in [6, 6.07) is 2.47. The maximum Gasteiger partial charge on any atom is 0.410 e. The molecule has 160 valence electrons. The molecule has 0 N–H and O–H groups in total. The lowest BCUT2D eigenvalue weighted by Crippen LogP contribution is -2.59. The minimum absolute atomic E-state index is 0.0149. The Balaban J connectivity index is 1.43. The number of likely N-dealkylation sites (tertiary alicyclic amines) is 1. The van der Waals surface area contributed by atoms with E-state index < -0.39 is 5.60 Å². The van der Waals surface area contributed by atoms with Crippen molar-refractivity contribution in [3.05, 3.63) is 11.8 Å². The first-order valence-electron chi connectivity index (χ1n) is 11.0. The second-order valence-electron chi connectivity index (χ2n) is 9.98. The number of hydrogen-bond acceptors (Lipinski definition) is 5. The van der Waals surface area contributed by atoms with E-state index in [1.807, 2.05) is 20.8 Å². The number of aryl methyl sites for hydroxylation is 1. The maximum absolute atomic E-state index is 12.3. The van der Waals surface area contributed by atoms with Crippen LogP contribution in [0.25, 0.3) is 0 Å². The highest BCUT2D eigenvalue weighted by Crippen LogP contribution is 2.45. The monoisotopic (exact) mass is 402 g/mol. The fraction of sp³-hybridized carbons (Fsp3) is 0.773. The van der Waals surface area contributed by atoms with Crippen molar-refractivity contribution < 1.29 is 14.3 Å². The summed E-state index contributed by atoms with van der Waals surface area (Å²) in [5.41, 5.74) is 0.706. The lowest BCUT2D eigenvalue weighted by molar-refractivity contribution is -0.122. The van der Waals surface area contributed by atoms with E-state index in [4.69, 9.17) is 9.84 Å². The molecular formula is C22H34N4O3. The van der Waals surface area contributed by atoms with E-state index in [9.17, 15) is 9.59 Å². The summed E-state index contributed by atoms with van der Waals surface area (Å²) in [6.45, 7) is 9.97. The van der Waals surface area contributed by atoms with Crippen molar-refractivity contribution in [2.45, 2.75) is 89.8 Å². The van der Waals surface area contributed by atoms with Gasteiger partial charge in [-0.15, -0.1) is 0 Å². The van der Waals surface area contributed by atoms with Gasteiger partial charge in [-0.25, -0.2) is 4.79 Å². The Morgan fingerprint density at radius 1 is 1.21 bits per heavy atom. The first-order chi connectivity index (χ1) is 13.7. The molecule has 7 nitrogen and oxygen atoms in total. The molecule has 0 atom stereocenters. The second-order valence-corrected chi connectivity index (χ2v) is 9.98. The topological polar surface area (TPSA) is 67.7 Å². The molecule has 1 aromatic rings. The van der Waals surface area contributed by atoms with Crippen molar-refractivity contribution in [3.8, 4) is 0 Å². The molecule has 1 saturated carbocycles. The Morgan fingerprint density at radius 3 is 2.48 bits per heavy atom. The SMILES string of the molecule is Cc1cc(N2CCC(=O)CC23CCC3)nn1C1CCN(C(=O)OC(C)(C)C)CC1. The number of nitrogens with zero attached hydrogens (tertiary/aromatic N) is 4. The van der Waals surface area contributed by atoms with Gasteiger partial charge < -0.3 is 14.5 Å². The van der Waals surface area contributed by atoms with Crippen LogP contribution < -0.4 is 4.90 Å². The number of aromatic nitrogens is 2. The van der Waals surface area contributed by atoms with E-state index in [0.29, 0.717) is 37.8 Å². The molecule has 1 amide bonds. The lowest BCUT2D eigenvalue weighted by Gasteiger charge is -2.52. The van der Waals surface area contributed by atoms with Crippen LogP contribution in [-0.4, -0.2) is 57.3 Å². The predicted molar refractivity (Wildman–Crippen MR) is 111 cm³/mol. The van der Waals surface area contributed by atoms with Gasteiger partial charge in [0.25, 0.3) is 0 Å². The zero-order chi connectivity index (χ0) is 20.8. The Labute approximate surface area is 173 Å². The summed E-state index contributed by atoms with van der Waals surface area (Å²) in [6.07, 6.45) is 6.23. The summed E-state index contributed by atoms with van der Waals surface area (Å²) in [5, 5.41) is 4.99. The molecule has 0 bridgehead atoms. The van der Waals surface area contributed by atoms with Crippen LogP contribution in [0.5, 0.6) is 0 Å². The van der Waals surface area contributed by atoms with Crippen LogP contribution in [0, 0.1) is 6.92 Å². The minimum atomic E-state index is -0.464. The molecule has 0 aromatic carbocycles. The minimum Gasteiger partial charge on any atom is -0.444 e. The van der Waals surface area contributed by atoms with Crippen LogP contribution in [0.4, 0.5) is 10.6 Å². The van der Waals surface area contributed by atoms with Crippen molar-refractivity contribution in [2.24, 2.45) is 0 Å². The van der Waals surface area contributed by atoms with Gasteiger partial charge in [0.05, 0.1) is 6.04 Å². The van der Waals surface area contributed by atoms with Crippen LogP contribution in [-0.2, 0) is 9.53 Å². The number of hydrogen-bond donors (Lipinski definition) is 0. The molecule has 2 aliphatic heterocycles. The summed E-state index contributed by atoms with van der Waals surface area (Å²) >= 11 is 0. The molecule has 4 rings (SSSR count). The third-order valence-corrected chi connectivity index (χ3v) is 6.65. The molecule has 0 radical (unpaired) electrons. The van der Waals surface area contributed by atoms with Gasteiger partial charge in [-0.2, -0.15) is 5.10 Å². The predicted octanol–water partition coefficient (Wildman–Crippen LogP) is 3.86. The standard InChI is InChI=1S/C22H34N4O3/c1-16-14-19(25-13-8-18(27)15-22(25)9-5-10-22)23-26(16)17-6-11-24(12-7-17)20(28)29-21(2,3)4/h14,17H,5-13,15H2,1-4H3. The Bertz CT molecular complexity index is 782. The molecule has 7 heteroatoms. The van der Waals surface area contributed by atoms with Crippen molar-refractivity contribution >= 4 is 17.7 Å². The molecule has 3 fully saturated rings. The molecule has 1 aliphatic carbocycles. The van der Waals surface area contributed by atoms with E-state index in [0.717, 1.165) is 43.7 Å². The smallest absolute Gasteiger partial charge is 0.410 e. The van der Waals surface area contributed by atoms with E-state index >= 15 is 0 Å². The first-order valence-corrected chi connectivity index (χ1v) is 11.0. The van der Waals surface area contributed by atoms with Gasteiger partial charge in [0.1, 0.15) is 11.4 Å². The van der Waals surface area contributed by atoms with Crippen LogP contribution in [0.1, 0.15) is 77.5 Å². The Kier molecular flexibility index (Phi) is 5.11. The van der Waals surface area contributed by atoms with Gasteiger partial charge in [-0.3, -0.25) is 9.48 Å². The van der Waals surface area contributed by atoms with Gasteiger partial charge >= 0.3 is 6.09 Å². The summed E-state index contributed by atoms with van der Waals surface area (Å²) in [5.74, 6) is 1.41. The molecule has 29 heavy (non-hydrogen) atoms. The maximum atomic E-state index is 12.3.